The molecular weight excluding hydrogens is 270 g/mol. The molecule has 0 aliphatic rings. The number of hydrogen-bond acceptors (Lipinski definition) is 2. The molecular formula is C17H20F2N2. The Kier molecular flexibility index (Phi) is 4.91. The predicted octanol–water partition coefficient (Wildman–Crippen LogP) is 3.67. The summed E-state index contributed by atoms with van der Waals surface area (Å²) in [5.74, 6) is -1.60. The fourth-order valence-electron chi connectivity index (χ4n) is 2.38. The molecule has 0 saturated heterocycles. The molecule has 0 heterocycles. The van der Waals surface area contributed by atoms with Crippen LogP contribution in [0.25, 0.3) is 0 Å². The number of nitrogens with zero attached hydrogens (tertiary/aromatic N) is 1. The van der Waals surface area contributed by atoms with E-state index >= 15 is 0 Å². The highest BCUT2D eigenvalue weighted by atomic mass is 19.2. The molecule has 0 aliphatic heterocycles. The predicted molar refractivity (Wildman–Crippen MR) is 82.6 cm³/mol. The second kappa shape index (κ2) is 6.68. The molecule has 0 radical (unpaired) electrons. The van der Waals surface area contributed by atoms with Gasteiger partial charge in [-0.15, -0.1) is 0 Å². The lowest BCUT2D eigenvalue weighted by molar-refractivity contribution is 0.474. The standard InChI is InChI=1S/C17H20F2N2/c1-12-6-4-7-13(10-12)21(3)11-16(20-2)14-8-5-9-15(18)17(14)19/h4-10,16,20H,11H2,1-3H3. The number of anilines is 1. The smallest absolute Gasteiger partial charge is 0.163 e. The summed E-state index contributed by atoms with van der Waals surface area (Å²) in [5, 5.41) is 3.05. The number of hydrogen-bond donors (Lipinski definition) is 1. The van der Waals surface area contributed by atoms with Gasteiger partial charge in [-0.1, -0.05) is 24.3 Å². The van der Waals surface area contributed by atoms with E-state index in [1.165, 1.54) is 6.07 Å². The SMILES string of the molecule is CNC(CN(C)c1cccc(C)c1)c1cccc(F)c1F. The lowest BCUT2D eigenvalue weighted by Crippen LogP contribution is -2.32. The van der Waals surface area contributed by atoms with Crippen molar-refractivity contribution in [2.45, 2.75) is 13.0 Å². The third kappa shape index (κ3) is 3.58. The highest BCUT2D eigenvalue weighted by Gasteiger charge is 2.18. The third-order valence-electron chi connectivity index (χ3n) is 3.60. The maximum absolute atomic E-state index is 13.9. The summed E-state index contributed by atoms with van der Waals surface area (Å²) in [5.41, 5.74) is 2.56. The second-order valence-electron chi connectivity index (χ2n) is 5.20. The van der Waals surface area contributed by atoms with Gasteiger partial charge in [0.1, 0.15) is 0 Å². The first-order chi connectivity index (χ1) is 10.0. The van der Waals surface area contributed by atoms with E-state index in [4.69, 9.17) is 0 Å². The Bertz CT molecular complexity index is 613. The van der Waals surface area contributed by atoms with Crippen LogP contribution in [0, 0.1) is 18.6 Å². The number of halogens is 2. The molecule has 0 bridgehead atoms. The fraction of sp³-hybridized carbons (Fsp3) is 0.294. The van der Waals surface area contributed by atoms with Crippen LogP contribution >= 0.6 is 0 Å². The van der Waals surface area contributed by atoms with Gasteiger partial charge in [0.15, 0.2) is 11.6 Å². The van der Waals surface area contributed by atoms with Crippen LogP contribution in [0.3, 0.4) is 0 Å². The summed E-state index contributed by atoms with van der Waals surface area (Å²) in [6, 6.07) is 12.1. The zero-order valence-electron chi connectivity index (χ0n) is 12.5. The summed E-state index contributed by atoms with van der Waals surface area (Å²) in [4.78, 5) is 2.03. The average Bonchev–Trinajstić information content (AvgIpc) is 2.48. The molecule has 112 valence electrons. The number of aryl methyl sites for hydroxylation is 1. The minimum Gasteiger partial charge on any atom is -0.373 e. The van der Waals surface area contributed by atoms with Gasteiger partial charge in [0.2, 0.25) is 0 Å². The molecule has 0 saturated carbocycles. The van der Waals surface area contributed by atoms with Gasteiger partial charge in [0, 0.05) is 24.8 Å². The highest BCUT2D eigenvalue weighted by molar-refractivity contribution is 5.48. The normalized spacial score (nSPS) is 12.2. The highest BCUT2D eigenvalue weighted by Crippen LogP contribution is 2.22. The zero-order chi connectivity index (χ0) is 15.4. The molecule has 0 fully saturated rings. The lowest BCUT2D eigenvalue weighted by Gasteiger charge is -2.26. The summed E-state index contributed by atoms with van der Waals surface area (Å²) < 4.78 is 27.3. The lowest BCUT2D eigenvalue weighted by atomic mass is 10.1. The molecule has 0 spiro atoms. The van der Waals surface area contributed by atoms with Gasteiger partial charge in [-0.2, -0.15) is 0 Å². The van der Waals surface area contributed by atoms with Crippen molar-refractivity contribution < 1.29 is 8.78 Å². The van der Waals surface area contributed by atoms with E-state index < -0.39 is 11.6 Å². The fourth-order valence-corrected chi connectivity index (χ4v) is 2.38. The Morgan fingerprint density at radius 2 is 1.86 bits per heavy atom. The molecule has 4 heteroatoms. The minimum atomic E-state index is -0.814. The van der Waals surface area contributed by atoms with Crippen molar-refractivity contribution in [1.82, 2.24) is 5.32 Å². The summed E-state index contributed by atoms with van der Waals surface area (Å²) >= 11 is 0. The maximum Gasteiger partial charge on any atom is 0.163 e. The van der Waals surface area contributed by atoms with Crippen molar-refractivity contribution in [3.05, 3.63) is 65.2 Å². The van der Waals surface area contributed by atoms with Gasteiger partial charge in [-0.25, -0.2) is 8.78 Å². The van der Waals surface area contributed by atoms with Crippen LogP contribution in [-0.2, 0) is 0 Å². The largest absolute Gasteiger partial charge is 0.373 e. The summed E-state index contributed by atoms with van der Waals surface area (Å²) in [6.45, 7) is 2.57. The number of likely N-dealkylation sites (N-methyl/N-ethyl adjacent to an activating group) is 2. The van der Waals surface area contributed by atoms with E-state index in [1.54, 1.807) is 13.1 Å². The maximum atomic E-state index is 13.9. The van der Waals surface area contributed by atoms with Gasteiger partial charge in [-0.3, -0.25) is 0 Å². The van der Waals surface area contributed by atoms with Crippen LogP contribution in [0.4, 0.5) is 14.5 Å². The van der Waals surface area contributed by atoms with Crippen LogP contribution in [0.2, 0.25) is 0 Å². The van der Waals surface area contributed by atoms with E-state index in [2.05, 4.69) is 11.4 Å². The molecule has 0 aliphatic carbocycles. The van der Waals surface area contributed by atoms with Crippen molar-refractivity contribution in [1.29, 1.82) is 0 Å². The van der Waals surface area contributed by atoms with Crippen molar-refractivity contribution in [3.8, 4) is 0 Å². The first-order valence-corrected chi connectivity index (χ1v) is 6.92. The Morgan fingerprint density at radius 1 is 1.14 bits per heavy atom. The zero-order valence-corrected chi connectivity index (χ0v) is 12.5. The van der Waals surface area contributed by atoms with Crippen LogP contribution in [0.15, 0.2) is 42.5 Å². The first-order valence-electron chi connectivity index (χ1n) is 6.92. The number of benzene rings is 2. The molecule has 2 nitrogen and oxygen atoms in total. The number of nitrogens with one attached hydrogen (secondary N) is 1. The van der Waals surface area contributed by atoms with Crippen molar-refractivity contribution in [3.63, 3.8) is 0 Å². The Morgan fingerprint density at radius 3 is 2.52 bits per heavy atom. The van der Waals surface area contributed by atoms with Crippen molar-refractivity contribution in [2.75, 3.05) is 25.5 Å². The third-order valence-corrected chi connectivity index (χ3v) is 3.60. The van der Waals surface area contributed by atoms with Crippen molar-refractivity contribution in [2.24, 2.45) is 0 Å². The van der Waals surface area contributed by atoms with E-state index in [0.29, 0.717) is 12.1 Å². The average molecular weight is 290 g/mol. The quantitative estimate of drug-likeness (QED) is 0.904. The molecule has 21 heavy (non-hydrogen) atoms. The molecule has 0 amide bonds. The Balaban J connectivity index is 2.21. The number of rotatable bonds is 5. The van der Waals surface area contributed by atoms with Crippen LogP contribution in [0.1, 0.15) is 17.2 Å². The van der Waals surface area contributed by atoms with Crippen LogP contribution in [-0.4, -0.2) is 20.6 Å². The van der Waals surface area contributed by atoms with E-state index in [1.807, 2.05) is 37.1 Å². The van der Waals surface area contributed by atoms with E-state index in [0.717, 1.165) is 17.3 Å². The van der Waals surface area contributed by atoms with Gasteiger partial charge < -0.3 is 10.2 Å². The van der Waals surface area contributed by atoms with E-state index in [9.17, 15) is 8.78 Å². The Labute approximate surface area is 124 Å². The van der Waals surface area contributed by atoms with E-state index in [-0.39, 0.29) is 6.04 Å². The molecule has 2 rings (SSSR count). The van der Waals surface area contributed by atoms with Crippen molar-refractivity contribution >= 4 is 5.69 Å². The first kappa shape index (κ1) is 15.4. The molecule has 0 aromatic heterocycles. The van der Waals surface area contributed by atoms with Crippen LogP contribution in [0.5, 0.6) is 0 Å². The minimum absolute atomic E-state index is 0.286. The summed E-state index contributed by atoms with van der Waals surface area (Å²) in [7, 11) is 3.69. The van der Waals surface area contributed by atoms with Gasteiger partial charge in [0.05, 0.1) is 6.04 Å². The molecule has 2 aromatic carbocycles. The van der Waals surface area contributed by atoms with Gasteiger partial charge in [0.25, 0.3) is 0 Å². The van der Waals surface area contributed by atoms with Gasteiger partial charge >= 0.3 is 0 Å². The summed E-state index contributed by atoms with van der Waals surface area (Å²) in [6.07, 6.45) is 0. The second-order valence-corrected chi connectivity index (χ2v) is 5.20. The van der Waals surface area contributed by atoms with Crippen LogP contribution < -0.4 is 10.2 Å². The molecule has 2 aromatic rings. The Hall–Kier alpha value is -1.94. The monoisotopic (exact) mass is 290 g/mol. The topological polar surface area (TPSA) is 15.3 Å². The molecule has 1 unspecified atom stereocenters. The molecule has 1 atom stereocenters. The van der Waals surface area contributed by atoms with Gasteiger partial charge in [-0.05, 0) is 37.7 Å². The molecule has 1 N–H and O–H groups in total.